The van der Waals surface area contributed by atoms with Crippen LogP contribution in [-0.2, 0) is 24.7 Å². The van der Waals surface area contributed by atoms with E-state index in [1.165, 1.54) is 19.3 Å². The average Bonchev–Trinajstić information content (AvgIpc) is 2.86. The van der Waals surface area contributed by atoms with E-state index in [2.05, 4.69) is 50.3 Å². The maximum atomic E-state index is 2.47. The van der Waals surface area contributed by atoms with Crippen molar-refractivity contribution in [2.24, 2.45) is 11.3 Å². The molecule has 0 heterocycles. The molecule has 3 rings (SSSR count). The number of allylic oxidation sites excluding steroid dienone is 8. The summed E-state index contributed by atoms with van der Waals surface area (Å²) < 4.78 is 0.360. The van der Waals surface area contributed by atoms with Gasteiger partial charge in [-0.25, -0.2) is 0 Å². The van der Waals surface area contributed by atoms with Crippen LogP contribution >= 0.6 is 0 Å². The molecule has 0 nitrogen and oxygen atoms in total. The molecule has 0 aromatic rings. The third-order valence-corrected chi connectivity index (χ3v) is 7.89. The van der Waals surface area contributed by atoms with Gasteiger partial charge in [0.2, 0.25) is 0 Å². The predicted octanol–water partition coefficient (Wildman–Crippen LogP) is 4.51. The minimum atomic E-state index is 0.360. The molecule has 0 aliphatic heterocycles. The maximum absolute atomic E-state index is 2.47. The molecule has 1 saturated carbocycles. The quantitative estimate of drug-likeness (QED) is 0.668. The fourth-order valence-corrected chi connectivity index (χ4v) is 5.22. The SMILES string of the molecule is CC1(C)CC2CC=CC=C2[C]1([Zr])C1=CC=CC1. The monoisotopic (exact) mass is 301 g/mol. The third kappa shape index (κ3) is 1.58. The van der Waals surface area contributed by atoms with Crippen molar-refractivity contribution in [2.45, 2.75) is 36.2 Å². The first-order valence-corrected chi connectivity index (χ1v) is 7.77. The predicted molar refractivity (Wildman–Crippen MR) is 68.3 cm³/mol. The van der Waals surface area contributed by atoms with E-state index < -0.39 is 0 Å². The number of rotatable bonds is 1. The van der Waals surface area contributed by atoms with E-state index in [9.17, 15) is 0 Å². The molecule has 0 aromatic heterocycles. The van der Waals surface area contributed by atoms with Crippen LogP contribution in [0.25, 0.3) is 0 Å². The van der Waals surface area contributed by atoms with Crippen molar-refractivity contribution < 1.29 is 24.7 Å². The molecule has 0 N–H and O–H groups in total. The van der Waals surface area contributed by atoms with Crippen LogP contribution in [0.4, 0.5) is 0 Å². The summed E-state index contributed by atoms with van der Waals surface area (Å²) in [6.45, 7) is 4.94. The molecule has 3 aliphatic rings. The molecule has 2 atom stereocenters. The van der Waals surface area contributed by atoms with Gasteiger partial charge in [-0.3, -0.25) is 0 Å². The van der Waals surface area contributed by atoms with Crippen molar-refractivity contribution in [1.82, 2.24) is 0 Å². The van der Waals surface area contributed by atoms with Crippen molar-refractivity contribution in [3.05, 3.63) is 47.6 Å². The number of hydrogen-bond acceptors (Lipinski definition) is 0. The fraction of sp³-hybridized carbons (Fsp3) is 0.500. The molecular formula is C16H19Zr. The molecule has 0 spiro atoms. The van der Waals surface area contributed by atoms with Crippen molar-refractivity contribution >= 4 is 0 Å². The van der Waals surface area contributed by atoms with Crippen molar-refractivity contribution in [1.29, 1.82) is 0 Å². The summed E-state index contributed by atoms with van der Waals surface area (Å²) in [6.07, 6.45) is 17.7. The van der Waals surface area contributed by atoms with Gasteiger partial charge in [0.05, 0.1) is 0 Å². The van der Waals surface area contributed by atoms with E-state index in [-0.39, 0.29) is 0 Å². The van der Waals surface area contributed by atoms with Crippen LogP contribution in [0.15, 0.2) is 47.6 Å². The zero-order valence-corrected chi connectivity index (χ0v) is 13.1. The van der Waals surface area contributed by atoms with Gasteiger partial charge in [0.1, 0.15) is 0 Å². The van der Waals surface area contributed by atoms with E-state index in [0.717, 1.165) is 5.92 Å². The summed E-state index contributed by atoms with van der Waals surface area (Å²) in [6, 6.07) is 0. The van der Waals surface area contributed by atoms with E-state index in [1.54, 1.807) is 35.9 Å². The Morgan fingerprint density at radius 2 is 1.94 bits per heavy atom. The Kier molecular flexibility index (Phi) is 2.75. The molecule has 3 aliphatic carbocycles. The molecule has 1 heteroatoms. The molecule has 87 valence electrons. The second kappa shape index (κ2) is 3.92. The Labute approximate surface area is 119 Å². The Hall–Kier alpha value is -0.157. The summed E-state index contributed by atoms with van der Waals surface area (Å²) in [5.41, 5.74) is 3.80. The Morgan fingerprint density at radius 3 is 2.65 bits per heavy atom. The zero-order chi connectivity index (χ0) is 12.1. The van der Waals surface area contributed by atoms with Gasteiger partial charge in [-0.1, -0.05) is 0 Å². The summed E-state index contributed by atoms with van der Waals surface area (Å²) in [5.74, 6) is 0.802. The Morgan fingerprint density at radius 1 is 1.18 bits per heavy atom. The fourth-order valence-electron chi connectivity index (χ4n) is 3.81. The summed E-state index contributed by atoms with van der Waals surface area (Å²) >= 11 is 1.67. The normalized spacial score (nSPS) is 37.8. The average molecular weight is 303 g/mol. The minimum absolute atomic E-state index is 0.360. The first-order chi connectivity index (χ1) is 8.06. The van der Waals surface area contributed by atoms with Crippen molar-refractivity contribution in [3.63, 3.8) is 0 Å². The van der Waals surface area contributed by atoms with E-state index in [0.29, 0.717) is 8.54 Å². The zero-order valence-electron chi connectivity index (χ0n) is 10.7. The van der Waals surface area contributed by atoms with Crippen LogP contribution in [0.5, 0.6) is 0 Å². The first kappa shape index (κ1) is 11.9. The van der Waals surface area contributed by atoms with Gasteiger partial charge in [0.25, 0.3) is 0 Å². The molecule has 0 bridgehead atoms. The number of fused-ring (bicyclic) bond motifs is 1. The van der Waals surface area contributed by atoms with Crippen molar-refractivity contribution in [3.8, 4) is 0 Å². The molecular weight excluding hydrogens is 283 g/mol. The third-order valence-electron chi connectivity index (χ3n) is 4.73. The van der Waals surface area contributed by atoms with Gasteiger partial charge >= 0.3 is 120 Å². The first-order valence-electron chi connectivity index (χ1n) is 6.54. The van der Waals surface area contributed by atoms with E-state index in [4.69, 9.17) is 0 Å². The molecule has 0 saturated heterocycles. The topological polar surface area (TPSA) is 0 Å². The van der Waals surface area contributed by atoms with Crippen molar-refractivity contribution in [2.75, 3.05) is 0 Å². The molecule has 0 aromatic carbocycles. The second-order valence-corrected chi connectivity index (χ2v) is 7.99. The van der Waals surface area contributed by atoms with Crippen LogP contribution in [0.3, 0.4) is 0 Å². The summed E-state index contributed by atoms with van der Waals surface area (Å²) in [7, 11) is 0. The Balaban J connectivity index is 2.10. The van der Waals surface area contributed by atoms with Gasteiger partial charge in [0.15, 0.2) is 0 Å². The van der Waals surface area contributed by atoms with E-state index in [1.807, 2.05) is 0 Å². The van der Waals surface area contributed by atoms with Gasteiger partial charge < -0.3 is 0 Å². The number of hydrogen-bond donors (Lipinski definition) is 0. The van der Waals surface area contributed by atoms with Crippen LogP contribution < -0.4 is 0 Å². The van der Waals surface area contributed by atoms with Gasteiger partial charge in [-0.05, 0) is 0 Å². The second-order valence-electron chi connectivity index (χ2n) is 6.14. The van der Waals surface area contributed by atoms with Gasteiger partial charge in [-0.2, -0.15) is 0 Å². The molecule has 1 fully saturated rings. The molecule has 0 radical (unpaired) electrons. The molecule has 0 amide bonds. The Bertz CT molecular complexity index is 462. The van der Waals surface area contributed by atoms with Crippen LogP contribution in [0.2, 0.25) is 3.12 Å². The van der Waals surface area contributed by atoms with Crippen LogP contribution in [-0.4, -0.2) is 0 Å². The van der Waals surface area contributed by atoms with Crippen LogP contribution in [0, 0.1) is 11.3 Å². The molecule has 2 unspecified atom stereocenters. The molecule has 17 heavy (non-hydrogen) atoms. The summed E-state index contributed by atoms with van der Waals surface area (Å²) in [4.78, 5) is 0. The van der Waals surface area contributed by atoms with Crippen LogP contribution in [0.1, 0.15) is 33.1 Å². The standard InChI is InChI=1S/C16H19.Zr/c1-16(2)11-13-9-5-6-10-14(13)15(16)12-7-3-4-8-12;/h3-7,10,13H,8-9,11H2,1-2H3;. The van der Waals surface area contributed by atoms with E-state index >= 15 is 0 Å². The van der Waals surface area contributed by atoms with Gasteiger partial charge in [0, 0.05) is 0 Å². The van der Waals surface area contributed by atoms with Gasteiger partial charge in [-0.15, -0.1) is 0 Å². The summed E-state index contributed by atoms with van der Waals surface area (Å²) in [5, 5.41) is 0.